The highest BCUT2D eigenvalue weighted by Gasteiger charge is 2.50. The lowest BCUT2D eigenvalue weighted by Gasteiger charge is -2.34. The Kier molecular flexibility index (Phi) is 8.47. The van der Waals surface area contributed by atoms with E-state index in [1.165, 1.54) is 18.1 Å². The third-order valence-corrected chi connectivity index (χ3v) is 8.40. The van der Waals surface area contributed by atoms with Crippen molar-refractivity contribution in [2.75, 3.05) is 26.9 Å². The lowest BCUT2D eigenvalue weighted by molar-refractivity contribution is -0.139. The number of nitrogens with zero attached hydrogens (tertiary/aromatic N) is 3. The minimum atomic E-state index is -3.57. The smallest absolute Gasteiger partial charge is 0.408 e. The lowest BCUT2D eigenvalue weighted by Crippen LogP contribution is -2.56. The summed E-state index contributed by atoms with van der Waals surface area (Å²) in [5.41, 5.74) is -0.938. The van der Waals surface area contributed by atoms with Gasteiger partial charge in [-0.2, -0.15) is 8.78 Å². The zero-order chi connectivity index (χ0) is 31.1. The number of alkyl carbamates (subject to hydrolysis) is 1. The van der Waals surface area contributed by atoms with Gasteiger partial charge in [-0.1, -0.05) is 27.7 Å². The summed E-state index contributed by atoms with van der Waals surface area (Å²) in [6.45, 7) is 6.18. The number of carbonyl (C=O) groups excluding carboxylic acids is 3. The average Bonchev–Trinajstić information content (AvgIpc) is 3.59. The molecule has 1 saturated carbocycles. The number of methoxy groups -OCH3 is 1. The molecule has 3 heterocycles. The number of alkyl halides is 2. The van der Waals surface area contributed by atoms with Crippen molar-refractivity contribution < 1.29 is 42.1 Å². The van der Waals surface area contributed by atoms with Crippen molar-refractivity contribution in [1.29, 1.82) is 0 Å². The summed E-state index contributed by atoms with van der Waals surface area (Å²) in [6.07, 6.45) is 0.0318. The molecule has 1 aromatic carbocycles. The molecule has 1 N–H and O–H groups in total. The molecule has 3 aliphatic rings. The number of benzene rings is 1. The monoisotopic (exact) mass is 604 g/mol. The van der Waals surface area contributed by atoms with Crippen molar-refractivity contribution in [1.82, 2.24) is 20.2 Å². The van der Waals surface area contributed by atoms with E-state index in [0.717, 1.165) is 0 Å². The zero-order valence-electron chi connectivity index (χ0n) is 25.0. The number of aldehydes is 1. The van der Waals surface area contributed by atoms with Gasteiger partial charge in [-0.15, -0.1) is 0 Å². The van der Waals surface area contributed by atoms with Gasteiger partial charge < -0.3 is 34.0 Å². The summed E-state index contributed by atoms with van der Waals surface area (Å²) in [4.78, 5) is 49.2. The van der Waals surface area contributed by atoms with Crippen molar-refractivity contribution in [3.8, 4) is 11.6 Å². The van der Waals surface area contributed by atoms with Gasteiger partial charge >= 0.3 is 12.0 Å². The molecule has 1 aliphatic carbocycles. The van der Waals surface area contributed by atoms with Crippen LogP contribution in [-0.4, -0.2) is 84.3 Å². The molecular weight excluding hydrogens is 566 g/mol. The largest absolute Gasteiger partial charge is 0.497 e. The molecule has 2 aromatic rings. The maximum Gasteiger partial charge on any atom is 0.408 e. The van der Waals surface area contributed by atoms with Crippen LogP contribution in [0.15, 0.2) is 18.2 Å². The normalized spacial score (nSPS) is 29.7. The van der Waals surface area contributed by atoms with Crippen molar-refractivity contribution >= 4 is 29.3 Å². The second kappa shape index (κ2) is 11.8. The molecule has 6 atom stereocenters. The topological polar surface area (TPSA) is 129 Å². The van der Waals surface area contributed by atoms with Gasteiger partial charge in [0.1, 0.15) is 36.9 Å². The summed E-state index contributed by atoms with van der Waals surface area (Å²) in [6, 6.07) is 2.76. The van der Waals surface area contributed by atoms with Gasteiger partial charge in [0.25, 0.3) is 0 Å². The second-order valence-corrected chi connectivity index (χ2v) is 12.5. The van der Waals surface area contributed by atoms with Crippen LogP contribution in [0.1, 0.15) is 52.7 Å². The van der Waals surface area contributed by atoms with Crippen LogP contribution in [0.25, 0.3) is 11.0 Å². The quantitative estimate of drug-likeness (QED) is 0.519. The van der Waals surface area contributed by atoms with E-state index < -0.39 is 71.7 Å². The number of nitrogens with one attached hydrogen (secondary N) is 1. The number of aromatic nitrogens is 2. The van der Waals surface area contributed by atoms with Gasteiger partial charge in [0.2, 0.25) is 11.8 Å². The maximum absolute atomic E-state index is 15.7. The molecule has 2 bridgehead atoms. The first-order chi connectivity index (χ1) is 20.4. The van der Waals surface area contributed by atoms with Crippen LogP contribution >= 0.6 is 0 Å². The number of hydrogen-bond donors (Lipinski definition) is 1. The molecule has 13 heteroatoms. The molecule has 11 nitrogen and oxygen atoms in total. The summed E-state index contributed by atoms with van der Waals surface area (Å²) >= 11 is 0. The highest BCUT2D eigenvalue weighted by atomic mass is 19.3. The van der Waals surface area contributed by atoms with E-state index in [0.29, 0.717) is 31.3 Å². The Morgan fingerprint density at radius 1 is 1.16 bits per heavy atom. The van der Waals surface area contributed by atoms with Gasteiger partial charge in [-0.3, -0.25) is 4.79 Å². The van der Waals surface area contributed by atoms with Crippen LogP contribution in [0.5, 0.6) is 11.6 Å². The fourth-order valence-electron chi connectivity index (χ4n) is 5.83. The van der Waals surface area contributed by atoms with Crippen molar-refractivity contribution in [2.24, 2.45) is 17.3 Å². The van der Waals surface area contributed by atoms with E-state index in [4.69, 9.17) is 18.9 Å². The Balaban J connectivity index is 1.57. The predicted octanol–water partition coefficient (Wildman–Crippen LogP) is 3.86. The van der Waals surface area contributed by atoms with Gasteiger partial charge in [-0.25, -0.2) is 14.8 Å². The summed E-state index contributed by atoms with van der Waals surface area (Å²) < 4.78 is 53.8. The molecule has 2 aliphatic heterocycles. The molecule has 1 aromatic heterocycles. The van der Waals surface area contributed by atoms with E-state index in [1.54, 1.807) is 32.9 Å². The number of ether oxygens (including phenoxy) is 4. The number of hydrogen-bond acceptors (Lipinski definition) is 9. The van der Waals surface area contributed by atoms with Crippen LogP contribution in [0.3, 0.4) is 0 Å². The SMILES string of the molecule is CC[C@@H]1[C@@H]2CN(C(=O)[C@H](C(C)(C)C)NC(=O)O[C@@H]3C[C@H]3CCOCC(F)(F)c3nc4ccc(OC)cc4nc3O2)[C@@H]1C=O. The van der Waals surface area contributed by atoms with E-state index in [9.17, 15) is 14.4 Å². The Morgan fingerprint density at radius 3 is 2.60 bits per heavy atom. The summed E-state index contributed by atoms with van der Waals surface area (Å²) in [5, 5.41) is 2.71. The van der Waals surface area contributed by atoms with Gasteiger partial charge in [0, 0.05) is 24.5 Å². The fourth-order valence-corrected chi connectivity index (χ4v) is 5.83. The van der Waals surface area contributed by atoms with E-state index in [1.807, 2.05) is 6.92 Å². The van der Waals surface area contributed by atoms with Crippen molar-refractivity contribution in [3.63, 3.8) is 0 Å². The van der Waals surface area contributed by atoms with Crippen LogP contribution in [-0.2, 0) is 25.0 Å². The average molecular weight is 605 g/mol. The highest BCUT2D eigenvalue weighted by Crippen LogP contribution is 2.40. The van der Waals surface area contributed by atoms with Gasteiger partial charge in [-0.05, 0) is 36.8 Å². The highest BCUT2D eigenvalue weighted by molar-refractivity contribution is 5.89. The van der Waals surface area contributed by atoms with Gasteiger partial charge in [0.05, 0.1) is 30.7 Å². The van der Waals surface area contributed by atoms with Crippen LogP contribution in [0, 0.1) is 17.3 Å². The third kappa shape index (κ3) is 6.36. The van der Waals surface area contributed by atoms with Crippen LogP contribution < -0.4 is 14.8 Å². The minimum absolute atomic E-state index is 0.0236. The Morgan fingerprint density at radius 2 is 1.93 bits per heavy atom. The molecule has 0 radical (unpaired) electrons. The lowest BCUT2D eigenvalue weighted by atomic mass is 9.85. The van der Waals surface area contributed by atoms with Crippen LogP contribution in [0.2, 0.25) is 0 Å². The van der Waals surface area contributed by atoms with Gasteiger partial charge in [0.15, 0.2) is 5.69 Å². The number of halogens is 2. The molecule has 2 fully saturated rings. The molecule has 0 unspecified atom stereocenters. The minimum Gasteiger partial charge on any atom is -0.497 e. The maximum atomic E-state index is 15.7. The van der Waals surface area contributed by atoms with Crippen LogP contribution in [0.4, 0.5) is 13.6 Å². The third-order valence-electron chi connectivity index (χ3n) is 8.40. The molecule has 0 spiro atoms. The predicted molar refractivity (Wildman–Crippen MR) is 150 cm³/mol. The first-order valence-corrected chi connectivity index (χ1v) is 14.6. The molecule has 1 saturated heterocycles. The Hall–Kier alpha value is -3.61. The number of carbonyl (C=O) groups is 3. The first kappa shape index (κ1) is 30.8. The molecule has 2 amide bonds. The summed E-state index contributed by atoms with van der Waals surface area (Å²) in [7, 11) is 1.48. The summed E-state index contributed by atoms with van der Waals surface area (Å²) in [5.74, 6) is -4.59. The van der Waals surface area contributed by atoms with Crippen molar-refractivity contribution in [2.45, 2.75) is 77.2 Å². The molecular formula is C30H38F2N4O7. The van der Waals surface area contributed by atoms with Crippen molar-refractivity contribution in [3.05, 3.63) is 23.9 Å². The number of fused-ring (bicyclic) bond motifs is 5. The standard InChI is InChI=1S/C30H38F2N4O7/c1-6-18-21(14-37)36-13-23(18)42-26-24(33-19-8-7-17(40-5)12-20(19)34-26)30(31,32)15-41-10-9-16-11-22(16)43-28(39)35-25(27(36)38)29(2,3)4/h7-8,12,14,16,18,21-23,25H,6,9-11,13,15H2,1-5H3,(H,35,39)/t16-,18+,21-,22-,23+,25-/m1/s1. The molecule has 43 heavy (non-hydrogen) atoms. The second-order valence-electron chi connectivity index (χ2n) is 12.5. The molecule has 234 valence electrons. The number of amides is 2. The Bertz CT molecular complexity index is 1380. The van der Waals surface area contributed by atoms with E-state index >= 15 is 8.78 Å². The van der Waals surface area contributed by atoms with E-state index in [2.05, 4.69) is 15.3 Å². The fraction of sp³-hybridized carbons (Fsp3) is 0.633. The van der Waals surface area contributed by atoms with E-state index in [-0.39, 0.29) is 30.1 Å². The Labute approximate surface area is 248 Å². The molecule has 5 rings (SSSR count). The first-order valence-electron chi connectivity index (χ1n) is 14.6. The number of rotatable bonds is 3. The zero-order valence-corrected chi connectivity index (χ0v) is 25.0.